The molecular formula is C19H20ClFN4O2. The molecule has 0 saturated carbocycles. The minimum atomic E-state index is -0.602. The molecule has 1 aromatic carbocycles. The Morgan fingerprint density at radius 1 is 1.26 bits per heavy atom. The van der Waals surface area contributed by atoms with Crippen molar-refractivity contribution in [1.29, 1.82) is 0 Å². The predicted octanol–water partition coefficient (Wildman–Crippen LogP) is 2.74. The van der Waals surface area contributed by atoms with Gasteiger partial charge in [-0.1, -0.05) is 11.6 Å². The van der Waals surface area contributed by atoms with E-state index < -0.39 is 11.7 Å². The Bertz CT molecular complexity index is 836. The fraction of sp³-hybridized carbons (Fsp3) is 0.316. The number of hydrogen-bond donors (Lipinski definition) is 2. The van der Waals surface area contributed by atoms with Gasteiger partial charge < -0.3 is 16.0 Å². The van der Waals surface area contributed by atoms with Crippen molar-refractivity contribution in [3.63, 3.8) is 0 Å². The lowest BCUT2D eigenvalue weighted by Gasteiger charge is -2.32. The molecule has 0 spiro atoms. The van der Waals surface area contributed by atoms with E-state index in [0.29, 0.717) is 36.0 Å². The van der Waals surface area contributed by atoms with Crippen molar-refractivity contribution in [2.24, 2.45) is 5.92 Å². The largest absolute Gasteiger partial charge is 0.384 e. The highest BCUT2D eigenvalue weighted by atomic mass is 35.5. The highest BCUT2D eigenvalue weighted by Crippen LogP contribution is 2.19. The van der Waals surface area contributed by atoms with Crippen LogP contribution in [0.25, 0.3) is 0 Å². The van der Waals surface area contributed by atoms with Crippen LogP contribution in [0.1, 0.15) is 33.6 Å². The zero-order valence-electron chi connectivity index (χ0n) is 14.6. The SMILES string of the molecule is Nc1ccc(C(=O)N2CCC(CNC(=O)c3cc(Cl)ccc3F)CC2)cn1. The second kappa shape index (κ2) is 8.35. The normalized spacial score (nSPS) is 14.8. The summed E-state index contributed by atoms with van der Waals surface area (Å²) in [6.07, 6.45) is 2.99. The fourth-order valence-electron chi connectivity index (χ4n) is 3.06. The van der Waals surface area contributed by atoms with E-state index in [2.05, 4.69) is 10.3 Å². The maximum absolute atomic E-state index is 13.7. The number of piperidine rings is 1. The minimum absolute atomic E-state index is 0.0639. The molecule has 142 valence electrons. The van der Waals surface area contributed by atoms with Crippen LogP contribution in [-0.4, -0.2) is 41.3 Å². The lowest BCUT2D eigenvalue weighted by atomic mass is 9.96. The number of nitrogens with one attached hydrogen (secondary N) is 1. The van der Waals surface area contributed by atoms with E-state index in [4.69, 9.17) is 17.3 Å². The van der Waals surface area contributed by atoms with Crippen molar-refractivity contribution in [1.82, 2.24) is 15.2 Å². The molecular weight excluding hydrogens is 371 g/mol. The summed E-state index contributed by atoms with van der Waals surface area (Å²) >= 11 is 5.82. The zero-order valence-corrected chi connectivity index (χ0v) is 15.4. The molecule has 6 nitrogen and oxygen atoms in total. The third-order valence-electron chi connectivity index (χ3n) is 4.66. The highest BCUT2D eigenvalue weighted by molar-refractivity contribution is 6.31. The number of hydrogen-bond acceptors (Lipinski definition) is 4. The molecule has 0 unspecified atom stereocenters. The van der Waals surface area contributed by atoms with Crippen molar-refractivity contribution in [2.75, 3.05) is 25.4 Å². The first-order valence-corrected chi connectivity index (χ1v) is 9.06. The molecule has 0 bridgehead atoms. The van der Waals surface area contributed by atoms with Crippen LogP contribution in [0.4, 0.5) is 10.2 Å². The number of likely N-dealkylation sites (tertiary alicyclic amines) is 1. The van der Waals surface area contributed by atoms with E-state index in [1.165, 1.54) is 24.4 Å². The van der Waals surface area contributed by atoms with Crippen LogP contribution < -0.4 is 11.1 Å². The molecule has 8 heteroatoms. The lowest BCUT2D eigenvalue weighted by molar-refractivity contribution is 0.0683. The molecule has 1 aromatic heterocycles. The Labute approximate surface area is 161 Å². The Hall–Kier alpha value is -2.67. The quantitative estimate of drug-likeness (QED) is 0.840. The number of nitrogens with zero attached hydrogens (tertiary/aromatic N) is 2. The van der Waals surface area contributed by atoms with Gasteiger partial charge in [-0.3, -0.25) is 9.59 Å². The Kier molecular flexibility index (Phi) is 5.91. The van der Waals surface area contributed by atoms with Crippen molar-refractivity contribution in [2.45, 2.75) is 12.8 Å². The van der Waals surface area contributed by atoms with Gasteiger partial charge in [0.15, 0.2) is 0 Å². The van der Waals surface area contributed by atoms with Crippen LogP contribution in [0.3, 0.4) is 0 Å². The maximum Gasteiger partial charge on any atom is 0.255 e. The number of benzene rings is 1. The van der Waals surface area contributed by atoms with E-state index in [1.807, 2.05) is 0 Å². The molecule has 1 fully saturated rings. The van der Waals surface area contributed by atoms with Gasteiger partial charge in [0.25, 0.3) is 11.8 Å². The van der Waals surface area contributed by atoms with E-state index >= 15 is 0 Å². The first-order valence-electron chi connectivity index (χ1n) is 8.68. The summed E-state index contributed by atoms with van der Waals surface area (Å²) in [5.74, 6) is -0.566. The number of anilines is 1. The van der Waals surface area contributed by atoms with Gasteiger partial charge in [0.1, 0.15) is 11.6 Å². The van der Waals surface area contributed by atoms with Crippen LogP contribution in [0, 0.1) is 11.7 Å². The molecule has 2 aromatic rings. The van der Waals surface area contributed by atoms with Crippen LogP contribution in [0.2, 0.25) is 5.02 Å². The van der Waals surface area contributed by atoms with Crippen molar-refractivity contribution >= 4 is 29.2 Å². The van der Waals surface area contributed by atoms with Gasteiger partial charge in [-0.15, -0.1) is 0 Å². The molecule has 3 N–H and O–H groups in total. The standard InChI is InChI=1S/C19H20ClFN4O2/c20-14-2-3-16(21)15(9-14)18(26)24-10-12-5-7-25(8-6-12)19(27)13-1-4-17(22)23-11-13/h1-4,9,11-12H,5-8,10H2,(H2,22,23)(H,24,26). The number of carbonyl (C=O) groups excluding carboxylic acids is 2. The number of pyridine rings is 1. The Morgan fingerprint density at radius 2 is 2.00 bits per heavy atom. The molecule has 0 aliphatic carbocycles. The molecule has 2 amide bonds. The van der Waals surface area contributed by atoms with Gasteiger partial charge >= 0.3 is 0 Å². The lowest BCUT2D eigenvalue weighted by Crippen LogP contribution is -2.41. The molecule has 27 heavy (non-hydrogen) atoms. The first kappa shape index (κ1) is 19.1. The Morgan fingerprint density at radius 3 is 2.67 bits per heavy atom. The van der Waals surface area contributed by atoms with Crippen molar-refractivity contribution in [3.05, 3.63) is 58.5 Å². The maximum atomic E-state index is 13.7. The summed E-state index contributed by atoms with van der Waals surface area (Å²) in [7, 11) is 0. The topological polar surface area (TPSA) is 88.3 Å². The van der Waals surface area contributed by atoms with E-state index in [0.717, 1.165) is 12.8 Å². The molecule has 1 aliphatic heterocycles. The van der Waals surface area contributed by atoms with Gasteiger partial charge in [0.2, 0.25) is 0 Å². The van der Waals surface area contributed by atoms with E-state index in [-0.39, 0.29) is 17.4 Å². The number of aromatic nitrogens is 1. The molecule has 2 heterocycles. The van der Waals surface area contributed by atoms with Crippen LogP contribution in [-0.2, 0) is 0 Å². The third-order valence-corrected chi connectivity index (χ3v) is 4.89. The van der Waals surface area contributed by atoms with Gasteiger partial charge in [-0.05, 0) is 49.1 Å². The number of carbonyl (C=O) groups is 2. The van der Waals surface area contributed by atoms with Gasteiger partial charge in [0.05, 0.1) is 11.1 Å². The number of amides is 2. The minimum Gasteiger partial charge on any atom is -0.384 e. The summed E-state index contributed by atoms with van der Waals surface area (Å²) in [5, 5.41) is 3.06. The summed E-state index contributed by atoms with van der Waals surface area (Å²) in [6, 6.07) is 7.15. The zero-order chi connectivity index (χ0) is 19.4. The first-order chi connectivity index (χ1) is 12.9. The molecule has 0 radical (unpaired) electrons. The number of halogens is 2. The number of nitrogens with two attached hydrogens (primary N) is 1. The van der Waals surface area contributed by atoms with Gasteiger partial charge in [-0.25, -0.2) is 9.37 Å². The van der Waals surface area contributed by atoms with Crippen LogP contribution >= 0.6 is 11.6 Å². The smallest absolute Gasteiger partial charge is 0.255 e. The Balaban J connectivity index is 1.49. The molecule has 1 saturated heterocycles. The molecule has 1 aliphatic rings. The highest BCUT2D eigenvalue weighted by Gasteiger charge is 2.24. The van der Waals surface area contributed by atoms with Crippen LogP contribution in [0.15, 0.2) is 36.5 Å². The summed E-state index contributed by atoms with van der Waals surface area (Å²) < 4.78 is 13.7. The summed E-state index contributed by atoms with van der Waals surface area (Å²) in [5.41, 5.74) is 5.98. The average Bonchev–Trinajstić information content (AvgIpc) is 2.68. The van der Waals surface area contributed by atoms with Gasteiger partial charge in [0, 0.05) is 30.9 Å². The van der Waals surface area contributed by atoms with E-state index in [1.54, 1.807) is 17.0 Å². The van der Waals surface area contributed by atoms with Gasteiger partial charge in [-0.2, -0.15) is 0 Å². The third kappa shape index (κ3) is 4.74. The number of rotatable bonds is 4. The average molecular weight is 391 g/mol. The fourth-order valence-corrected chi connectivity index (χ4v) is 3.23. The van der Waals surface area contributed by atoms with Crippen molar-refractivity contribution < 1.29 is 14.0 Å². The second-order valence-corrected chi connectivity index (χ2v) is 6.98. The number of nitrogen functional groups attached to an aromatic ring is 1. The summed E-state index contributed by atoms with van der Waals surface area (Å²) in [4.78, 5) is 30.3. The molecule has 0 atom stereocenters. The predicted molar refractivity (Wildman–Crippen MR) is 101 cm³/mol. The monoisotopic (exact) mass is 390 g/mol. The van der Waals surface area contributed by atoms with Crippen LogP contribution in [0.5, 0.6) is 0 Å². The second-order valence-electron chi connectivity index (χ2n) is 6.54. The summed E-state index contributed by atoms with van der Waals surface area (Å²) in [6.45, 7) is 1.61. The van der Waals surface area contributed by atoms with Crippen molar-refractivity contribution in [3.8, 4) is 0 Å². The van der Waals surface area contributed by atoms with E-state index in [9.17, 15) is 14.0 Å². The molecule has 3 rings (SSSR count).